The van der Waals surface area contributed by atoms with Crippen LogP contribution < -0.4 is 4.90 Å². The molecule has 1 aromatic carbocycles. The third-order valence-electron chi connectivity index (χ3n) is 3.64. The molecule has 0 aliphatic carbocycles. The van der Waals surface area contributed by atoms with Gasteiger partial charge in [0.1, 0.15) is 11.4 Å². The lowest BCUT2D eigenvalue weighted by Crippen LogP contribution is -2.21. The van der Waals surface area contributed by atoms with Crippen molar-refractivity contribution in [2.45, 2.75) is 13.8 Å². The van der Waals surface area contributed by atoms with Gasteiger partial charge in [0.15, 0.2) is 5.82 Å². The van der Waals surface area contributed by atoms with Crippen LogP contribution in [0.4, 0.5) is 5.69 Å². The minimum atomic E-state index is 0.163. The Hall–Kier alpha value is -2.96. The zero-order chi connectivity index (χ0) is 16.2. The van der Waals surface area contributed by atoms with Gasteiger partial charge in [0, 0.05) is 37.2 Å². The van der Waals surface area contributed by atoms with Crippen molar-refractivity contribution in [2.75, 3.05) is 18.0 Å². The topological polar surface area (TPSA) is 90.8 Å². The summed E-state index contributed by atoms with van der Waals surface area (Å²) in [5, 5.41) is 17.3. The number of aromatic amines is 1. The van der Waals surface area contributed by atoms with Crippen molar-refractivity contribution in [3.8, 4) is 28.7 Å². The molecule has 7 heteroatoms. The van der Waals surface area contributed by atoms with Crippen LogP contribution in [0.5, 0.6) is 5.75 Å². The Bertz CT molecular complexity index is 782. The fraction of sp³-hybridized carbons (Fsp3) is 0.250. The highest BCUT2D eigenvalue weighted by Gasteiger charge is 2.13. The van der Waals surface area contributed by atoms with E-state index in [0.29, 0.717) is 22.9 Å². The minimum absolute atomic E-state index is 0.163. The Morgan fingerprint density at radius 2 is 2.00 bits per heavy atom. The van der Waals surface area contributed by atoms with Crippen LogP contribution in [0.3, 0.4) is 0 Å². The summed E-state index contributed by atoms with van der Waals surface area (Å²) in [5.41, 5.74) is 2.16. The average Bonchev–Trinajstić information content (AvgIpc) is 3.07. The van der Waals surface area contributed by atoms with Crippen molar-refractivity contribution in [3.63, 3.8) is 0 Å². The summed E-state index contributed by atoms with van der Waals surface area (Å²) in [6, 6.07) is 5.55. The van der Waals surface area contributed by atoms with E-state index in [0.717, 1.165) is 18.8 Å². The number of benzene rings is 1. The molecule has 7 nitrogen and oxygen atoms in total. The molecule has 23 heavy (non-hydrogen) atoms. The molecule has 2 heterocycles. The first kappa shape index (κ1) is 15.0. The van der Waals surface area contributed by atoms with E-state index in [1.54, 1.807) is 24.7 Å². The average molecular weight is 310 g/mol. The van der Waals surface area contributed by atoms with Crippen LogP contribution in [0.1, 0.15) is 13.8 Å². The molecule has 3 aromatic rings. The van der Waals surface area contributed by atoms with Gasteiger partial charge in [0.25, 0.3) is 0 Å². The highest BCUT2D eigenvalue weighted by atomic mass is 16.3. The first-order valence-corrected chi connectivity index (χ1v) is 7.50. The highest BCUT2D eigenvalue weighted by molar-refractivity contribution is 5.69. The Balaban J connectivity index is 1.92. The summed E-state index contributed by atoms with van der Waals surface area (Å²) in [7, 11) is 0. The van der Waals surface area contributed by atoms with Crippen LogP contribution in [0.25, 0.3) is 22.9 Å². The van der Waals surface area contributed by atoms with E-state index in [4.69, 9.17) is 0 Å². The SMILES string of the molecule is CCN(CC)c1ccc(-c2nc(-c3cnccn3)n[nH]2)c(O)c1. The smallest absolute Gasteiger partial charge is 0.201 e. The third kappa shape index (κ3) is 2.98. The minimum Gasteiger partial charge on any atom is -0.507 e. The van der Waals surface area contributed by atoms with E-state index in [1.807, 2.05) is 12.1 Å². The number of anilines is 1. The molecule has 0 unspecified atom stereocenters. The summed E-state index contributed by atoms with van der Waals surface area (Å²) < 4.78 is 0. The van der Waals surface area contributed by atoms with Crippen LogP contribution in [-0.2, 0) is 0 Å². The first-order chi connectivity index (χ1) is 11.2. The maximum absolute atomic E-state index is 10.3. The van der Waals surface area contributed by atoms with Crippen LogP contribution in [0, 0.1) is 0 Å². The predicted molar refractivity (Wildman–Crippen MR) is 88.1 cm³/mol. The Morgan fingerprint density at radius 3 is 2.65 bits per heavy atom. The van der Waals surface area contributed by atoms with Gasteiger partial charge in [-0.05, 0) is 26.0 Å². The summed E-state index contributed by atoms with van der Waals surface area (Å²) in [5.74, 6) is 1.10. The maximum atomic E-state index is 10.3. The number of rotatable bonds is 5. The van der Waals surface area contributed by atoms with E-state index in [9.17, 15) is 5.11 Å². The monoisotopic (exact) mass is 310 g/mol. The second kappa shape index (κ2) is 6.43. The number of aromatic hydroxyl groups is 1. The third-order valence-corrected chi connectivity index (χ3v) is 3.64. The second-order valence-corrected chi connectivity index (χ2v) is 4.97. The fourth-order valence-corrected chi connectivity index (χ4v) is 2.42. The molecular formula is C16H18N6O. The lowest BCUT2D eigenvalue weighted by molar-refractivity contribution is 0.477. The lowest BCUT2D eigenvalue weighted by Gasteiger charge is -2.21. The quantitative estimate of drug-likeness (QED) is 0.752. The van der Waals surface area contributed by atoms with Gasteiger partial charge in [0.05, 0.1) is 11.8 Å². The number of aromatic nitrogens is 5. The molecule has 0 atom stereocenters. The molecule has 0 saturated carbocycles. The summed E-state index contributed by atoms with van der Waals surface area (Å²) in [6.45, 7) is 5.93. The first-order valence-electron chi connectivity index (χ1n) is 7.50. The van der Waals surface area contributed by atoms with Crippen LogP contribution in [0.15, 0.2) is 36.8 Å². The van der Waals surface area contributed by atoms with Crippen molar-refractivity contribution >= 4 is 5.69 Å². The summed E-state index contributed by atoms with van der Waals surface area (Å²) in [6.07, 6.45) is 4.77. The molecule has 0 bridgehead atoms. The summed E-state index contributed by atoms with van der Waals surface area (Å²) >= 11 is 0. The van der Waals surface area contributed by atoms with E-state index in [1.165, 1.54) is 0 Å². The highest BCUT2D eigenvalue weighted by Crippen LogP contribution is 2.31. The largest absolute Gasteiger partial charge is 0.507 e. The molecule has 0 spiro atoms. The normalized spacial score (nSPS) is 10.7. The van der Waals surface area contributed by atoms with Crippen LogP contribution in [-0.4, -0.2) is 43.3 Å². The molecule has 0 radical (unpaired) electrons. The van der Waals surface area contributed by atoms with Gasteiger partial charge in [-0.3, -0.25) is 10.1 Å². The van der Waals surface area contributed by atoms with Gasteiger partial charge in [-0.25, -0.2) is 9.97 Å². The van der Waals surface area contributed by atoms with Gasteiger partial charge in [-0.1, -0.05) is 0 Å². The van der Waals surface area contributed by atoms with E-state index >= 15 is 0 Å². The molecule has 0 aliphatic rings. The van der Waals surface area contributed by atoms with Crippen molar-refractivity contribution in [3.05, 3.63) is 36.8 Å². The van der Waals surface area contributed by atoms with Gasteiger partial charge in [0.2, 0.25) is 5.82 Å². The van der Waals surface area contributed by atoms with Crippen molar-refractivity contribution < 1.29 is 5.11 Å². The van der Waals surface area contributed by atoms with Gasteiger partial charge >= 0.3 is 0 Å². The molecule has 0 amide bonds. The zero-order valence-electron chi connectivity index (χ0n) is 13.1. The van der Waals surface area contributed by atoms with E-state index in [2.05, 4.69) is 43.9 Å². The van der Waals surface area contributed by atoms with E-state index in [-0.39, 0.29) is 5.75 Å². The molecule has 2 N–H and O–H groups in total. The van der Waals surface area contributed by atoms with Crippen LogP contribution >= 0.6 is 0 Å². The van der Waals surface area contributed by atoms with Gasteiger partial charge in [-0.15, -0.1) is 0 Å². The second-order valence-electron chi connectivity index (χ2n) is 4.97. The number of nitrogens with one attached hydrogen (secondary N) is 1. The van der Waals surface area contributed by atoms with E-state index < -0.39 is 0 Å². The van der Waals surface area contributed by atoms with Gasteiger partial charge in [-0.2, -0.15) is 5.10 Å². The Morgan fingerprint density at radius 1 is 1.17 bits per heavy atom. The molecule has 0 saturated heterocycles. The standard InChI is InChI=1S/C16H18N6O/c1-3-22(4-2)11-5-6-12(14(23)9-11)15-19-16(21-20-15)13-10-17-7-8-18-13/h5-10,23H,3-4H2,1-2H3,(H,19,20,21). The van der Waals surface area contributed by atoms with Crippen LogP contribution in [0.2, 0.25) is 0 Å². The number of hydrogen-bond acceptors (Lipinski definition) is 6. The number of phenols is 1. The molecule has 3 rings (SSSR count). The molecule has 0 aliphatic heterocycles. The number of phenolic OH excluding ortho intramolecular Hbond substituents is 1. The van der Waals surface area contributed by atoms with Gasteiger partial charge < -0.3 is 10.0 Å². The number of hydrogen-bond donors (Lipinski definition) is 2. The van der Waals surface area contributed by atoms with Crippen molar-refractivity contribution in [1.82, 2.24) is 25.1 Å². The Kier molecular flexibility index (Phi) is 4.18. The Labute approximate surface area is 134 Å². The molecule has 2 aromatic heterocycles. The number of H-pyrrole nitrogens is 1. The summed E-state index contributed by atoms with van der Waals surface area (Å²) in [4.78, 5) is 14.7. The number of nitrogens with zero attached hydrogens (tertiary/aromatic N) is 5. The van der Waals surface area contributed by atoms with Crippen molar-refractivity contribution in [2.24, 2.45) is 0 Å². The maximum Gasteiger partial charge on any atom is 0.201 e. The predicted octanol–water partition coefficient (Wildman–Crippen LogP) is 2.48. The zero-order valence-corrected chi connectivity index (χ0v) is 13.1. The molecular weight excluding hydrogens is 292 g/mol. The molecule has 0 fully saturated rings. The van der Waals surface area contributed by atoms with Crippen molar-refractivity contribution in [1.29, 1.82) is 0 Å². The fourth-order valence-electron chi connectivity index (χ4n) is 2.42. The molecule has 118 valence electrons. The lowest BCUT2D eigenvalue weighted by atomic mass is 10.1.